The van der Waals surface area contributed by atoms with Crippen molar-refractivity contribution in [3.8, 4) is 6.07 Å². The van der Waals surface area contributed by atoms with Gasteiger partial charge in [0.15, 0.2) is 0 Å². The molecule has 1 aliphatic rings. The third-order valence-corrected chi connectivity index (χ3v) is 5.58. The first kappa shape index (κ1) is 17.3. The van der Waals surface area contributed by atoms with E-state index in [0.717, 1.165) is 36.9 Å². The smallest absolute Gasteiger partial charge is 0.224 e. The molecule has 5 nitrogen and oxygen atoms in total. The summed E-state index contributed by atoms with van der Waals surface area (Å²) in [6.07, 6.45) is 6.84. The highest BCUT2D eigenvalue weighted by molar-refractivity contribution is 5.90. The van der Waals surface area contributed by atoms with Crippen molar-refractivity contribution in [2.45, 2.75) is 38.0 Å². The maximum Gasteiger partial charge on any atom is 0.224 e. The van der Waals surface area contributed by atoms with Crippen LogP contribution in [0.4, 0.5) is 5.69 Å². The van der Waals surface area contributed by atoms with E-state index in [0.29, 0.717) is 23.8 Å². The van der Waals surface area contributed by atoms with Gasteiger partial charge in [-0.3, -0.25) is 9.89 Å². The van der Waals surface area contributed by atoms with Gasteiger partial charge in [0.05, 0.1) is 23.3 Å². The average Bonchev–Trinajstić information content (AvgIpc) is 3.18. The van der Waals surface area contributed by atoms with Gasteiger partial charge >= 0.3 is 0 Å². The number of hydrogen-bond acceptors (Lipinski definition) is 3. The summed E-state index contributed by atoms with van der Waals surface area (Å²) in [7, 11) is 0. The SMILES string of the molecule is N#Cc1ccc(NC(=O)C[C@H]2CC[C@@H](c3cccc4[nH]ncc43)CC2)cc1. The molecule has 2 N–H and O–H groups in total. The van der Waals surface area contributed by atoms with Crippen LogP contribution in [0.15, 0.2) is 48.7 Å². The van der Waals surface area contributed by atoms with E-state index in [-0.39, 0.29) is 5.91 Å². The molecular formula is C22H22N4O. The summed E-state index contributed by atoms with van der Waals surface area (Å²) in [6.45, 7) is 0. The van der Waals surface area contributed by atoms with Gasteiger partial charge in [0.1, 0.15) is 0 Å². The van der Waals surface area contributed by atoms with Gasteiger partial charge in [-0.25, -0.2) is 0 Å². The fourth-order valence-corrected chi connectivity index (χ4v) is 4.13. The molecule has 5 heteroatoms. The van der Waals surface area contributed by atoms with E-state index in [1.165, 1.54) is 10.9 Å². The van der Waals surface area contributed by atoms with Gasteiger partial charge in [0.25, 0.3) is 0 Å². The van der Waals surface area contributed by atoms with E-state index in [2.05, 4.69) is 39.8 Å². The second-order valence-electron chi connectivity index (χ2n) is 7.34. The number of fused-ring (bicyclic) bond motifs is 1. The molecule has 1 amide bonds. The van der Waals surface area contributed by atoms with E-state index >= 15 is 0 Å². The predicted octanol–water partition coefficient (Wildman–Crippen LogP) is 4.74. The molecule has 3 aromatic rings. The Kier molecular flexibility index (Phi) is 4.88. The van der Waals surface area contributed by atoms with E-state index in [4.69, 9.17) is 5.26 Å². The normalized spacial score (nSPS) is 19.5. The van der Waals surface area contributed by atoms with Crippen molar-refractivity contribution in [3.63, 3.8) is 0 Å². The monoisotopic (exact) mass is 358 g/mol. The molecule has 1 aromatic heterocycles. The Bertz CT molecular complexity index is 975. The van der Waals surface area contributed by atoms with E-state index in [1.807, 2.05) is 6.20 Å². The Morgan fingerprint density at radius 2 is 1.93 bits per heavy atom. The van der Waals surface area contributed by atoms with E-state index in [9.17, 15) is 4.79 Å². The van der Waals surface area contributed by atoms with Crippen LogP contribution >= 0.6 is 0 Å². The number of aromatic nitrogens is 2. The highest BCUT2D eigenvalue weighted by Crippen LogP contribution is 2.39. The molecule has 0 spiro atoms. The predicted molar refractivity (Wildman–Crippen MR) is 105 cm³/mol. The van der Waals surface area contributed by atoms with Gasteiger partial charge < -0.3 is 5.32 Å². The Labute approximate surface area is 158 Å². The Balaban J connectivity index is 1.32. The molecular weight excluding hydrogens is 336 g/mol. The number of nitrogens with one attached hydrogen (secondary N) is 2. The summed E-state index contributed by atoms with van der Waals surface area (Å²) in [4.78, 5) is 12.3. The molecule has 0 atom stereocenters. The Morgan fingerprint density at radius 3 is 2.67 bits per heavy atom. The third kappa shape index (κ3) is 3.85. The van der Waals surface area contributed by atoms with Gasteiger partial charge in [0.2, 0.25) is 5.91 Å². The van der Waals surface area contributed by atoms with Gasteiger partial charge in [0, 0.05) is 17.5 Å². The number of H-pyrrole nitrogens is 1. The van der Waals surface area contributed by atoms with Crippen molar-refractivity contribution in [2.75, 3.05) is 5.32 Å². The molecule has 1 heterocycles. The minimum atomic E-state index is 0.0556. The number of hydrogen-bond donors (Lipinski definition) is 2. The molecule has 0 radical (unpaired) electrons. The van der Waals surface area contributed by atoms with Crippen LogP contribution in [-0.4, -0.2) is 16.1 Å². The second kappa shape index (κ2) is 7.63. The number of nitriles is 1. The van der Waals surface area contributed by atoms with Crippen LogP contribution in [0.3, 0.4) is 0 Å². The zero-order chi connectivity index (χ0) is 18.6. The van der Waals surface area contributed by atoms with Gasteiger partial charge in [-0.2, -0.15) is 10.4 Å². The first-order valence-electron chi connectivity index (χ1n) is 9.45. The molecule has 2 aromatic carbocycles. The summed E-state index contributed by atoms with van der Waals surface area (Å²) in [5, 5.41) is 20.2. The maximum atomic E-state index is 12.3. The molecule has 4 rings (SSSR count). The largest absolute Gasteiger partial charge is 0.326 e. The quantitative estimate of drug-likeness (QED) is 0.707. The first-order valence-corrected chi connectivity index (χ1v) is 9.45. The summed E-state index contributed by atoms with van der Waals surface area (Å²) >= 11 is 0. The topological polar surface area (TPSA) is 81.6 Å². The first-order chi connectivity index (χ1) is 13.2. The Hall–Kier alpha value is -3.13. The van der Waals surface area contributed by atoms with Crippen LogP contribution in [0, 0.1) is 17.2 Å². The van der Waals surface area contributed by atoms with Crippen molar-refractivity contribution in [3.05, 3.63) is 59.8 Å². The number of anilines is 1. The molecule has 0 saturated heterocycles. The number of rotatable bonds is 4. The van der Waals surface area contributed by atoms with Crippen molar-refractivity contribution in [1.29, 1.82) is 5.26 Å². The molecule has 1 saturated carbocycles. The van der Waals surface area contributed by atoms with Crippen molar-refractivity contribution in [2.24, 2.45) is 5.92 Å². The van der Waals surface area contributed by atoms with Crippen molar-refractivity contribution in [1.82, 2.24) is 10.2 Å². The lowest BCUT2D eigenvalue weighted by Crippen LogP contribution is -2.20. The van der Waals surface area contributed by atoms with E-state index < -0.39 is 0 Å². The van der Waals surface area contributed by atoms with Gasteiger partial charge in [-0.05, 0) is 73.4 Å². The highest BCUT2D eigenvalue weighted by atomic mass is 16.1. The van der Waals surface area contributed by atoms with Gasteiger partial charge in [-0.1, -0.05) is 12.1 Å². The summed E-state index contributed by atoms with van der Waals surface area (Å²) < 4.78 is 0. The zero-order valence-electron chi connectivity index (χ0n) is 15.1. The number of carbonyl (C=O) groups excluding carboxylic acids is 1. The van der Waals surface area contributed by atoms with Crippen LogP contribution in [0.5, 0.6) is 0 Å². The molecule has 1 fully saturated rings. The zero-order valence-corrected chi connectivity index (χ0v) is 15.1. The van der Waals surface area contributed by atoms with Crippen LogP contribution in [0.2, 0.25) is 0 Å². The standard InChI is InChI=1S/C22H22N4O/c23-13-16-6-10-18(11-7-16)25-22(27)12-15-4-8-17(9-5-15)19-2-1-3-21-20(19)14-24-26-21/h1-3,6-7,10-11,14-15,17H,4-5,8-9,12H2,(H,24,26)(H,25,27)/t15-,17+. The fraction of sp³-hybridized carbons (Fsp3) is 0.318. The lowest BCUT2D eigenvalue weighted by molar-refractivity contribution is -0.117. The number of nitrogens with zero attached hydrogens (tertiary/aromatic N) is 2. The molecule has 1 aliphatic carbocycles. The lowest BCUT2D eigenvalue weighted by Gasteiger charge is -2.28. The lowest BCUT2D eigenvalue weighted by atomic mass is 9.77. The van der Waals surface area contributed by atoms with Crippen LogP contribution in [0.25, 0.3) is 10.9 Å². The summed E-state index contributed by atoms with van der Waals surface area (Å²) in [6, 6.07) is 15.4. The number of carbonyl (C=O) groups is 1. The molecule has 136 valence electrons. The summed E-state index contributed by atoms with van der Waals surface area (Å²) in [5.74, 6) is 1.03. The van der Waals surface area contributed by atoms with E-state index in [1.54, 1.807) is 24.3 Å². The fourth-order valence-electron chi connectivity index (χ4n) is 4.13. The highest BCUT2D eigenvalue weighted by Gasteiger charge is 2.25. The molecule has 0 aliphatic heterocycles. The average molecular weight is 358 g/mol. The van der Waals surface area contributed by atoms with Gasteiger partial charge in [-0.15, -0.1) is 0 Å². The maximum absolute atomic E-state index is 12.3. The summed E-state index contributed by atoms with van der Waals surface area (Å²) in [5.41, 5.74) is 3.82. The molecule has 0 unspecified atom stereocenters. The number of amides is 1. The second-order valence-corrected chi connectivity index (χ2v) is 7.34. The minimum absolute atomic E-state index is 0.0556. The van der Waals surface area contributed by atoms with Crippen molar-refractivity contribution < 1.29 is 4.79 Å². The van der Waals surface area contributed by atoms with Crippen LogP contribution < -0.4 is 5.32 Å². The number of benzene rings is 2. The Morgan fingerprint density at radius 1 is 1.15 bits per heavy atom. The third-order valence-electron chi connectivity index (χ3n) is 5.58. The molecule has 0 bridgehead atoms. The van der Waals surface area contributed by atoms with Crippen LogP contribution in [0.1, 0.15) is 49.1 Å². The number of aromatic amines is 1. The molecule has 27 heavy (non-hydrogen) atoms. The van der Waals surface area contributed by atoms with Crippen molar-refractivity contribution >= 4 is 22.5 Å². The minimum Gasteiger partial charge on any atom is -0.326 e. The van der Waals surface area contributed by atoms with Crippen LogP contribution in [-0.2, 0) is 4.79 Å².